The number of hydrogen-bond donors (Lipinski definition) is 6. The molecule has 0 saturated carbocycles. The first-order valence-corrected chi connectivity index (χ1v) is 17.5. The van der Waals surface area contributed by atoms with Gasteiger partial charge in [0.25, 0.3) is 11.8 Å². The lowest BCUT2D eigenvalue weighted by molar-refractivity contribution is 0.0911. The largest absolute Gasteiger partial charge is 0.347 e. The minimum absolute atomic E-state index is 0.156. The smallest absolute Gasteiger partial charge is 0.255 e. The standard InChI is InChI=1S/C18H17FN6O.C11H13BrN4O.C8H7FN2/c1-18(2,3)23-17(26)11-7-20-16-15(11)22-13(8-21-16)14-10-5-4-9(19)6-12(10)24-25-14;1-11(2,3)16-10(17)6-4-13-9-8(6)15-7(12)5-14-9;1-5-7-3-2-6(9)4-8(7)11-10-5/h4-8H,1-3H3,(H,20,21)(H,23,26)(H,24,25);4-5H,1-3H3,(H,13,14)(H,16,17);2-4H,1H3,(H,10,11). The monoisotopic (exact) mass is 798 g/mol. The van der Waals surface area contributed by atoms with E-state index in [-0.39, 0.29) is 34.5 Å². The van der Waals surface area contributed by atoms with E-state index in [1.165, 1.54) is 24.3 Å². The lowest BCUT2D eigenvalue weighted by atomic mass is 10.1. The summed E-state index contributed by atoms with van der Waals surface area (Å²) in [6.45, 7) is 13.4. The Kier molecular flexibility index (Phi) is 10.3. The van der Waals surface area contributed by atoms with Crippen LogP contribution in [0, 0.1) is 18.6 Å². The molecule has 0 aliphatic carbocycles. The Balaban J connectivity index is 0.000000152. The first-order valence-electron chi connectivity index (χ1n) is 16.7. The summed E-state index contributed by atoms with van der Waals surface area (Å²) in [5, 5.41) is 21.2. The molecule has 6 aromatic heterocycles. The van der Waals surface area contributed by atoms with Crippen LogP contribution in [0.5, 0.6) is 0 Å². The van der Waals surface area contributed by atoms with Crippen LogP contribution in [0.1, 0.15) is 68.0 Å². The van der Waals surface area contributed by atoms with Gasteiger partial charge in [-0.25, -0.2) is 28.7 Å². The third-order valence-corrected chi connectivity index (χ3v) is 8.06. The molecule has 2 amide bonds. The quantitative estimate of drug-likeness (QED) is 0.106. The average molecular weight is 800 g/mol. The van der Waals surface area contributed by atoms with Crippen molar-refractivity contribution in [2.75, 3.05) is 0 Å². The second-order valence-electron chi connectivity index (χ2n) is 14.4. The van der Waals surface area contributed by atoms with E-state index in [9.17, 15) is 18.4 Å². The van der Waals surface area contributed by atoms with E-state index >= 15 is 0 Å². The highest BCUT2D eigenvalue weighted by Gasteiger charge is 2.22. The Bertz CT molecular complexity index is 2650. The van der Waals surface area contributed by atoms with Gasteiger partial charge in [0.2, 0.25) is 0 Å². The maximum absolute atomic E-state index is 13.4. The van der Waals surface area contributed by atoms with Gasteiger partial charge in [-0.05, 0) is 94.7 Å². The van der Waals surface area contributed by atoms with E-state index in [0.29, 0.717) is 60.5 Å². The molecule has 6 N–H and O–H groups in total. The highest BCUT2D eigenvalue weighted by Crippen LogP contribution is 2.27. The van der Waals surface area contributed by atoms with Crippen LogP contribution in [0.4, 0.5) is 8.78 Å². The Morgan fingerprint density at radius 3 is 1.89 bits per heavy atom. The number of carbonyl (C=O) groups excluding carboxylic acids is 2. The van der Waals surface area contributed by atoms with Crippen LogP contribution in [0.15, 0.2) is 65.8 Å². The van der Waals surface area contributed by atoms with E-state index in [1.807, 2.05) is 48.5 Å². The molecular formula is C37H37BrF2N12O2. The number of H-pyrrole nitrogens is 4. The highest BCUT2D eigenvalue weighted by atomic mass is 79.9. The molecule has 0 atom stereocenters. The van der Waals surface area contributed by atoms with Gasteiger partial charge in [0.1, 0.15) is 38.7 Å². The summed E-state index contributed by atoms with van der Waals surface area (Å²) in [6.07, 6.45) is 6.37. The van der Waals surface area contributed by atoms with Crippen LogP contribution in [-0.4, -0.2) is 73.2 Å². The second kappa shape index (κ2) is 14.7. The maximum Gasteiger partial charge on any atom is 0.255 e. The van der Waals surface area contributed by atoms with Crippen molar-refractivity contribution in [1.82, 2.24) is 60.9 Å². The Labute approximate surface area is 315 Å². The predicted octanol–water partition coefficient (Wildman–Crippen LogP) is 7.43. The van der Waals surface area contributed by atoms with Gasteiger partial charge in [0, 0.05) is 46.0 Å². The zero-order valence-corrected chi connectivity index (χ0v) is 32.0. The fourth-order valence-corrected chi connectivity index (χ4v) is 5.62. The molecule has 0 saturated heterocycles. The number of aromatic amines is 4. The van der Waals surface area contributed by atoms with Gasteiger partial charge >= 0.3 is 0 Å². The summed E-state index contributed by atoms with van der Waals surface area (Å²) in [7, 11) is 0. The molecule has 0 unspecified atom stereocenters. The molecule has 2 aromatic carbocycles. The molecule has 54 heavy (non-hydrogen) atoms. The van der Waals surface area contributed by atoms with Gasteiger partial charge in [-0.1, -0.05) is 0 Å². The molecule has 0 radical (unpaired) electrons. The number of rotatable bonds is 3. The molecular weight excluding hydrogens is 762 g/mol. The topological polar surface area (TPSA) is 199 Å². The third-order valence-electron chi connectivity index (χ3n) is 7.67. The minimum atomic E-state index is -0.367. The van der Waals surface area contributed by atoms with Crippen LogP contribution in [0.25, 0.3) is 55.5 Å². The number of aromatic nitrogens is 10. The zero-order chi connectivity index (χ0) is 38.9. The zero-order valence-electron chi connectivity index (χ0n) is 30.4. The minimum Gasteiger partial charge on any atom is -0.347 e. The third kappa shape index (κ3) is 8.57. The van der Waals surface area contributed by atoms with Crippen molar-refractivity contribution < 1.29 is 18.4 Å². The molecule has 0 fully saturated rings. The van der Waals surface area contributed by atoms with Crippen molar-refractivity contribution in [2.24, 2.45) is 0 Å². The number of fused-ring (bicyclic) bond motifs is 4. The molecule has 0 spiro atoms. The number of benzene rings is 2. The van der Waals surface area contributed by atoms with Crippen molar-refractivity contribution in [1.29, 1.82) is 0 Å². The van der Waals surface area contributed by atoms with E-state index in [1.54, 1.807) is 36.9 Å². The number of amides is 2. The maximum atomic E-state index is 13.4. The van der Waals surface area contributed by atoms with E-state index in [4.69, 9.17) is 0 Å². The van der Waals surface area contributed by atoms with Crippen LogP contribution in [0.3, 0.4) is 0 Å². The van der Waals surface area contributed by atoms with E-state index < -0.39 is 0 Å². The lowest BCUT2D eigenvalue weighted by Gasteiger charge is -2.20. The SMILES string of the molecule is CC(C)(C)NC(=O)c1c[nH]c2ncc(-c3n[nH]c4cc(F)ccc34)nc12.CC(C)(C)NC(=O)c1c[nH]c2ncc(Br)nc12.Cc1[nH]nc2cc(F)ccc12. The van der Waals surface area contributed by atoms with Crippen LogP contribution in [0.2, 0.25) is 0 Å². The van der Waals surface area contributed by atoms with Gasteiger partial charge in [0.15, 0.2) is 11.3 Å². The van der Waals surface area contributed by atoms with Gasteiger partial charge in [0.05, 0.1) is 34.6 Å². The average Bonchev–Trinajstić information content (AvgIpc) is 3.88. The Morgan fingerprint density at radius 2 is 1.28 bits per heavy atom. The number of carbonyl (C=O) groups is 2. The summed E-state index contributed by atoms with van der Waals surface area (Å²) < 4.78 is 26.6. The number of halogens is 3. The Morgan fingerprint density at radius 1 is 0.722 bits per heavy atom. The molecule has 0 bridgehead atoms. The Hall–Kier alpha value is -6.10. The summed E-state index contributed by atoms with van der Waals surface area (Å²) in [5.41, 5.74) is 5.70. The van der Waals surface area contributed by atoms with E-state index in [0.717, 1.165) is 16.5 Å². The molecule has 14 nitrogen and oxygen atoms in total. The highest BCUT2D eigenvalue weighted by molar-refractivity contribution is 9.10. The summed E-state index contributed by atoms with van der Waals surface area (Å²) in [4.78, 5) is 47.7. The van der Waals surface area contributed by atoms with Crippen molar-refractivity contribution >= 4 is 71.9 Å². The molecule has 278 valence electrons. The van der Waals surface area contributed by atoms with Crippen molar-refractivity contribution in [3.63, 3.8) is 0 Å². The van der Waals surface area contributed by atoms with Crippen molar-refractivity contribution in [3.8, 4) is 11.4 Å². The first kappa shape index (κ1) is 37.7. The second-order valence-corrected chi connectivity index (χ2v) is 15.2. The lowest BCUT2D eigenvalue weighted by Crippen LogP contribution is -2.40. The summed E-state index contributed by atoms with van der Waals surface area (Å²) >= 11 is 3.24. The molecule has 8 rings (SSSR count). The van der Waals surface area contributed by atoms with Crippen LogP contribution >= 0.6 is 15.9 Å². The number of nitrogens with one attached hydrogen (secondary N) is 6. The normalized spacial score (nSPS) is 11.7. The predicted molar refractivity (Wildman–Crippen MR) is 206 cm³/mol. The number of hydrogen-bond acceptors (Lipinski definition) is 8. The van der Waals surface area contributed by atoms with Crippen molar-refractivity contribution in [3.05, 3.63) is 94.2 Å². The van der Waals surface area contributed by atoms with Gasteiger partial charge in [-0.3, -0.25) is 19.8 Å². The summed E-state index contributed by atoms with van der Waals surface area (Å²) in [5.74, 6) is -0.981. The number of nitrogens with zero attached hydrogens (tertiary/aromatic N) is 6. The van der Waals surface area contributed by atoms with Gasteiger partial charge in [-0.2, -0.15) is 10.2 Å². The molecule has 6 heterocycles. The number of aryl methyl sites for hydroxylation is 1. The fraction of sp³-hybridized carbons (Fsp3) is 0.243. The van der Waals surface area contributed by atoms with E-state index in [2.05, 4.69) is 76.9 Å². The molecule has 0 aliphatic rings. The first-order chi connectivity index (χ1) is 25.5. The molecule has 17 heteroatoms. The van der Waals surface area contributed by atoms with Crippen LogP contribution < -0.4 is 10.6 Å². The van der Waals surface area contributed by atoms with Crippen molar-refractivity contribution in [2.45, 2.75) is 59.5 Å². The van der Waals surface area contributed by atoms with Gasteiger partial charge < -0.3 is 20.6 Å². The van der Waals surface area contributed by atoms with Crippen LogP contribution in [-0.2, 0) is 0 Å². The fourth-order valence-electron chi connectivity index (χ4n) is 5.34. The summed E-state index contributed by atoms with van der Waals surface area (Å²) in [6, 6.07) is 8.95. The molecule has 8 aromatic rings. The molecule has 0 aliphatic heterocycles. The van der Waals surface area contributed by atoms with Gasteiger partial charge in [-0.15, -0.1) is 0 Å².